The van der Waals surface area contributed by atoms with Gasteiger partial charge in [-0.3, -0.25) is 4.79 Å². The molecule has 7 nitrogen and oxygen atoms in total. The van der Waals surface area contributed by atoms with Gasteiger partial charge < -0.3 is 4.74 Å². The highest BCUT2D eigenvalue weighted by Crippen LogP contribution is 2.16. The first-order valence-corrected chi connectivity index (χ1v) is 7.83. The first kappa shape index (κ1) is 16.8. The Morgan fingerprint density at radius 1 is 1.08 bits per heavy atom. The Balaban J connectivity index is 1.74. The van der Waals surface area contributed by atoms with Crippen molar-refractivity contribution >= 4 is 17.5 Å². The van der Waals surface area contributed by atoms with Crippen molar-refractivity contribution in [3.63, 3.8) is 0 Å². The highest BCUT2D eigenvalue weighted by molar-refractivity contribution is 6.00. The van der Waals surface area contributed by atoms with Gasteiger partial charge in [0.05, 0.1) is 0 Å². The molecule has 2 heterocycles. The fourth-order valence-electron chi connectivity index (χ4n) is 2.53. The van der Waals surface area contributed by atoms with Crippen LogP contribution >= 0.6 is 0 Å². The van der Waals surface area contributed by atoms with Crippen molar-refractivity contribution in [2.75, 3.05) is 6.61 Å². The molecule has 128 valence electrons. The van der Waals surface area contributed by atoms with Crippen molar-refractivity contribution in [3.8, 4) is 0 Å². The predicted molar refractivity (Wildman–Crippen MR) is 90.8 cm³/mol. The standard InChI is InChI=1S/C18H18N4O3/c1-10-7-12(3)14(8-11(10)2)15(23)9-25-17(24)16-20-18-19-6-5-13(4)22(18)21-16/h5-8H,9H2,1-4H3. The van der Waals surface area contributed by atoms with Gasteiger partial charge in [0.15, 0.2) is 6.61 Å². The summed E-state index contributed by atoms with van der Waals surface area (Å²) in [7, 11) is 0. The van der Waals surface area contributed by atoms with Crippen LogP contribution in [-0.4, -0.2) is 37.9 Å². The average Bonchev–Trinajstić information content (AvgIpc) is 3.01. The summed E-state index contributed by atoms with van der Waals surface area (Å²) in [5, 5.41) is 4.06. The van der Waals surface area contributed by atoms with E-state index in [1.807, 2.05) is 39.8 Å². The van der Waals surface area contributed by atoms with Crippen LogP contribution in [0.4, 0.5) is 0 Å². The van der Waals surface area contributed by atoms with Crippen LogP contribution in [-0.2, 0) is 4.74 Å². The Bertz CT molecular complexity index is 991. The summed E-state index contributed by atoms with van der Waals surface area (Å²) < 4.78 is 6.53. The Labute approximate surface area is 144 Å². The number of aryl methyl sites for hydroxylation is 4. The third-order valence-electron chi connectivity index (χ3n) is 4.09. The molecular weight excluding hydrogens is 320 g/mol. The van der Waals surface area contributed by atoms with Gasteiger partial charge in [-0.15, -0.1) is 5.10 Å². The van der Waals surface area contributed by atoms with Gasteiger partial charge in [-0.2, -0.15) is 4.98 Å². The van der Waals surface area contributed by atoms with Gasteiger partial charge in [-0.05, 0) is 56.5 Å². The summed E-state index contributed by atoms with van der Waals surface area (Å²) in [5.41, 5.74) is 4.33. The molecule has 0 bridgehead atoms. The van der Waals surface area contributed by atoms with E-state index in [0.29, 0.717) is 11.3 Å². The molecule has 0 aliphatic rings. The molecule has 0 aliphatic heterocycles. The van der Waals surface area contributed by atoms with E-state index in [4.69, 9.17) is 4.74 Å². The molecule has 0 saturated heterocycles. The molecule has 0 atom stereocenters. The molecule has 25 heavy (non-hydrogen) atoms. The normalized spacial score (nSPS) is 10.9. The van der Waals surface area contributed by atoms with Gasteiger partial charge in [0.1, 0.15) is 0 Å². The van der Waals surface area contributed by atoms with Crippen LogP contribution < -0.4 is 0 Å². The number of nitrogens with zero attached hydrogens (tertiary/aromatic N) is 4. The average molecular weight is 338 g/mol. The summed E-state index contributed by atoms with van der Waals surface area (Å²) in [4.78, 5) is 32.5. The predicted octanol–water partition coefficient (Wildman–Crippen LogP) is 2.40. The van der Waals surface area contributed by atoms with Gasteiger partial charge in [0, 0.05) is 17.5 Å². The highest BCUT2D eigenvalue weighted by atomic mass is 16.5. The second kappa shape index (κ2) is 6.43. The number of hydrogen-bond acceptors (Lipinski definition) is 6. The maximum Gasteiger partial charge on any atom is 0.378 e. The fraction of sp³-hybridized carbons (Fsp3) is 0.278. The minimum Gasteiger partial charge on any atom is -0.451 e. The molecule has 0 unspecified atom stereocenters. The van der Waals surface area contributed by atoms with E-state index < -0.39 is 5.97 Å². The molecule has 0 radical (unpaired) electrons. The molecule has 0 N–H and O–H groups in total. The number of esters is 1. The number of rotatable bonds is 4. The summed E-state index contributed by atoms with van der Waals surface area (Å²) in [6.45, 7) is 7.25. The minimum absolute atomic E-state index is 0.119. The lowest BCUT2D eigenvalue weighted by Gasteiger charge is -2.09. The van der Waals surface area contributed by atoms with E-state index in [2.05, 4.69) is 15.1 Å². The molecule has 7 heteroatoms. The van der Waals surface area contributed by atoms with Crippen molar-refractivity contribution in [1.29, 1.82) is 0 Å². The number of ether oxygens (including phenoxy) is 1. The first-order valence-electron chi connectivity index (χ1n) is 7.83. The number of carbonyl (C=O) groups is 2. The third kappa shape index (κ3) is 3.26. The van der Waals surface area contributed by atoms with Crippen LogP contribution in [0.1, 0.15) is 43.4 Å². The molecular formula is C18H18N4O3. The number of carbonyl (C=O) groups excluding carboxylic acids is 2. The lowest BCUT2D eigenvalue weighted by atomic mass is 9.98. The summed E-state index contributed by atoms with van der Waals surface area (Å²) in [5.74, 6) is -0.818. The van der Waals surface area contributed by atoms with Gasteiger partial charge in [-0.25, -0.2) is 14.3 Å². The van der Waals surface area contributed by atoms with Gasteiger partial charge in [-0.1, -0.05) is 6.07 Å². The van der Waals surface area contributed by atoms with Gasteiger partial charge in [0.25, 0.3) is 11.6 Å². The molecule has 0 saturated carbocycles. The van der Waals surface area contributed by atoms with Crippen LogP contribution in [0, 0.1) is 27.7 Å². The molecule has 3 aromatic rings. The van der Waals surface area contributed by atoms with Crippen LogP contribution in [0.5, 0.6) is 0 Å². The minimum atomic E-state index is -0.750. The molecule has 2 aromatic heterocycles. The lowest BCUT2D eigenvalue weighted by Crippen LogP contribution is -2.16. The zero-order valence-electron chi connectivity index (χ0n) is 14.5. The topological polar surface area (TPSA) is 86.5 Å². The Kier molecular flexibility index (Phi) is 4.31. The molecule has 3 rings (SSSR count). The Hall–Kier alpha value is -3.09. The van der Waals surface area contributed by atoms with E-state index in [-0.39, 0.29) is 18.2 Å². The number of Topliss-reactive ketones (excluding diaryl/α,β-unsaturated/α-hetero) is 1. The summed E-state index contributed by atoms with van der Waals surface area (Å²) >= 11 is 0. The zero-order chi connectivity index (χ0) is 18.1. The van der Waals surface area contributed by atoms with Gasteiger partial charge in [0.2, 0.25) is 5.78 Å². The van der Waals surface area contributed by atoms with E-state index in [0.717, 1.165) is 22.4 Å². The van der Waals surface area contributed by atoms with E-state index in [1.54, 1.807) is 12.3 Å². The van der Waals surface area contributed by atoms with Crippen LogP contribution in [0.15, 0.2) is 24.4 Å². The van der Waals surface area contributed by atoms with Crippen molar-refractivity contribution < 1.29 is 14.3 Å². The molecule has 0 amide bonds. The first-order chi connectivity index (χ1) is 11.9. The van der Waals surface area contributed by atoms with E-state index in [1.165, 1.54) is 4.52 Å². The Morgan fingerprint density at radius 3 is 2.52 bits per heavy atom. The van der Waals surface area contributed by atoms with Crippen molar-refractivity contribution in [1.82, 2.24) is 19.6 Å². The molecule has 0 aliphatic carbocycles. The monoisotopic (exact) mass is 338 g/mol. The number of hydrogen-bond donors (Lipinski definition) is 0. The number of aromatic nitrogens is 4. The van der Waals surface area contributed by atoms with Crippen LogP contribution in [0.25, 0.3) is 5.78 Å². The largest absolute Gasteiger partial charge is 0.451 e. The highest BCUT2D eigenvalue weighted by Gasteiger charge is 2.19. The second-order valence-corrected chi connectivity index (χ2v) is 5.98. The number of ketones is 1. The van der Waals surface area contributed by atoms with Crippen molar-refractivity contribution in [2.24, 2.45) is 0 Å². The SMILES string of the molecule is Cc1cc(C)c(C(=O)COC(=O)c2nc3nccc(C)n3n2)cc1C. The van der Waals surface area contributed by atoms with Crippen molar-refractivity contribution in [3.05, 3.63) is 58.2 Å². The maximum atomic E-state index is 12.4. The third-order valence-corrected chi connectivity index (χ3v) is 4.09. The molecule has 0 spiro atoms. The summed E-state index contributed by atoms with van der Waals surface area (Å²) in [6.07, 6.45) is 1.58. The molecule has 0 fully saturated rings. The zero-order valence-corrected chi connectivity index (χ0v) is 14.5. The van der Waals surface area contributed by atoms with Crippen LogP contribution in [0.3, 0.4) is 0 Å². The second-order valence-electron chi connectivity index (χ2n) is 5.98. The van der Waals surface area contributed by atoms with Gasteiger partial charge >= 0.3 is 5.97 Å². The number of fused-ring (bicyclic) bond motifs is 1. The van der Waals surface area contributed by atoms with E-state index >= 15 is 0 Å². The quantitative estimate of drug-likeness (QED) is 0.536. The maximum absolute atomic E-state index is 12.4. The Morgan fingerprint density at radius 2 is 1.80 bits per heavy atom. The van der Waals surface area contributed by atoms with E-state index in [9.17, 15) is 9.59 Å². The van der Waals surface area contributed by atoms with Crippen LogP contribution in [0.2, 0.25) is 0 Å². The van der Waals surface area contributed by atoms with Crippen molar-refractivity contribution in [2.45, 2.75) is 27.7 Å². The fourth-order valence-corrected chi connectivity index (χ4v) is 2.53. The summed E-state index contributed by atoms with van der Waals surface area (Å²) in [6, 6.07) is 5.52. The lowest BCUT2D eigenvalue weighted by molar-refractivity contribution is 0.0462. The molecule has 1 aromatic carbocycles. The number of benzene rings is 1. The smallest absolute Gasteiger partial charge is 0.378 e.